The number of hydrogen-bond donors (Lipinski definition) is 0. The van der Waals surface area contributed by atoms with Gasteiger partial charge in [-0.1, -0.05) is 45.8 Å². The van der Waals surface area contributed by atoms with Crippen molar-refractivity contribution >= 4 is 33.8 Å². The van der Waals surface area contributed by atoms with Crippen LogP contribution in [0, 0.1) is 0 Å². The molecule has 0 spiro atoms. The summed E-state index contributed by atoms with van der Waals surface area (Å²) >= 11 is 3.40. The summed E-state index contributed by atoms with van der Waals surface area (Å²) < 4.78 is 0.809. The van der Waals surface area contributed by atoms with Gasteiger partial charge in [-0.25, -0.2) is 4.79 Å². The highest BCUT2D eigenvalue weighted by atomic mass is 79.9. The maximum absolute atomic E-state index is 12.5. The van der Waals surface area contributed by atoms with Crippen molar-refractivity contribution in [2.45, 2.75) is 38.6 Å². The van der Waals surface area contributed by atoms with E-state index in [0.717, 1.165) is 39.1 Å². The van der Waals surface area contributed by atoms with Gasteiger partial charge in [0.05, 0.1) is 6.54 Å². The first-order valence-corrected chi connectivity index (χ1v) is 8.96. The molecule has 1 aromatic rings. The highest BCUT2D eigenvalue weighted by Gasteiger charge is 2.44. The largest absolute Gasteiger partial charge is 0.334 e. The molecule has 0 bridgehead atoms. The van der Waals surface area contributed by atoms with Gasteiger partial charge in [-0.2, -0.15) is 0 Å². The molecule has 1 fully saturated rings. The molecule has 6 heteroatoms. The highest BCUT2D eigenvalue weighted by Crippen LogP contribution is 2.24. The summed E-state index contributed by atoms with van der Waals surface area (Å²) in [6.07, 6.45) is 7.28. The first-order valence-electron chi connectivity index (χ1n) is 8.16. The van der Waals surface area contributed by atoms with E-state index < -0.39 is 17.8 Å². The number of carbonyl (C=O) groups excluding carboxylic acids is 3. The maximum Gasteiger partial charge on any atom is 0.334 e. The number of rotatable bonds is 5. The number of carbonyl (C=O) groups is 3. The average molecular weight is 391 g/mol. The third kappa shape index (κ3) is 3.43. The molecule has 1 aliphatic heterocycles. The Morgan fingerprint density at radius 3 is 2.46 bits per heavy atom. The van der Waals surface area contributed by atoms with Gasteiger partial charge in [0, 0.05) is 11.0 Å². The Kier molecular flexibility index (Phi) is 5.14. The molecule has 3 rings (SSSR count). The van der Waals surface area contributed by atoms with Crippen LogP contribution >= 0.6 is 15.9 Å². The van der Waals surface area contributed by atoms with E-state index in [9.17, 15) is 14.4 Å². The number of amides is 4. The SMILES string of the molecule is O=C1C(=O)N(Cc2ccccc2Br)C(=O)N1CCC1=CCCCC1. The number of benzene rings is 1. The van der Waals surface area contributed by atoms with E-state index >= 15 is 0 Å². The van der Waals surface area contributed by atoms with Crippen LogP contribution in [-0.2, 0) is 16.1 Å². The van der Waals surface area contributed by atoms with Gasteiger partial charge in [-0.05, 0) is 43.7 Å². The first-order chi connectivity index (χ1) is 11.6. The zero-order valence-corrected chi connectivity index (χ0v) is 14.9. The van der Waals surface area contributed by atoms with Crippen LogP contribution < -0.4 is 0 Å². The van der Waals surface area contributed by atoms with Crippen LogP contribution in [0.3, 0.4) is 0 Å². The molecule has 4 amide bonds. The Labute approximate surface area is 149 Å². The Hall–Kier alpha value is -1.95. The van der Waals surface area contributed by atoms with Crippen LogP contribution in [0.2, 0.25) is 0 Å². The van der Waals surface area contributed by atoms with Crippen molar-refractivity contribution in [3.63, 3.8) is 0 Å². The summed E-state index contributed by atoms with van der Waals surface area (Å²) in [6, 6.07) is 6.84. The smallest absolute Gasteiger partial charge is 0.263 e. The summed E-state index contributed by atoms with van der Waals surface area (Å²) in [5.41, 5.74) is 2.07. The lowest BCUT2D eigenvalue weighted by molar-refractivity contribution is -0.143. The van der Waals surface area contributed by atoms with Crippen LogP contribution in [-0.4, -0.2) is 34.2 Å². The fourth-order valence-corrected chi connectivity index (χ4v) is 3.48. The fourth-order valence-electron chi connectivity index (χ4n) is 3.07. The Morgan fingerprint density at radius 2 is 1.75 bits per heavy atom. The minimum Gasteiger partial charge on any atom is -0.263 e. The number of imide groups is 2. The standard InChI is InChI=1S/C18H19BrN2O3/c19-15-9-5-4-8-14(15)12-21-17(23)16(22)20(18(21)24)11-10-13-6-2-1-3-7-13/h4-6,8-9H,1-3,7,10-12H2. The molecule has 1 saturated heterocycles. The Balaban J connectivity index is 1.68. The highest BCUT2D eigenvalue weighted by molar-refractivity contribution is 9.10. The van der Waals surface area contributed by atoms with E-state index in [4.69, 9.17) is 0 Å². The van der Waals surface area contributed by atoms with Crippen LogP contribution in [0.25, 0.3) is 0 Å². The molecular formula is C18H19BrN2O3. The summed E-state index contributed by atoms with van der Waals surface area (Å²) in [4.78, 5) is 38.9. The molecule has 0 atom stereocenters. The van der Waals surface area contributed by atoms with Crippen LogP contribution in [0.5, 0.6) is 0 Å². The van der Waals surface area contributed by atoms with E-state index in [1.54, 1.807) is 0 Å². The van der Waals surface area contributed by atoms with Crippen molar-refractivity contribution in [3.8, 4) is 0 Å². The van der Waals surface area contributed by atoms with E-state index in [0.29, 0.717) is 6.42 Å². The molecule has 1 aliphatic carbocycles. The first kappa shape index (κ1) is 16.9. The predicted molar refractivity (Wildman–Crippen MR) is 93.0 cm³/mol. The van der Waals surface area contributed by atoms with E-state index in [1.807, 2.05) is 24.3 Å². The van der Waals surface area contributed by atoms with Crippen LogP contribution in [0.15, 0.2) is 40.4 Å². The zero-order valence-electron chi connectivity index (χ0n) is 13.3. The second-order valence-electron chi connectivity index (χ2n) is 6.08. The summed E-state index contributed by atoms with van der Waals surface area (Å²) in [5, 5.41) is 0. The summed E-state index contributed by atoms with van der Waals surface area (Å²) in [5.74, 6) is -1.46. The zero-order chi connectivity index (χ0) is 17.1. The van der Waals surface area contributed by atoms with Crippen LogP contribution in [0.4, 0.5) is 4.79 Å². The normalized spacial score (nSPS) is 18.4. The second-order valence-corrected chi connectivity index (χ2v) is 6.93. The van der Waals surface area contributed by atoms with Crippen molar-refractivity contribution in [1.29, 1.82) is 0 Å². The lowest BCUT2D eigenvalue weighted by Gasteiger charge is -2.18. The molecule has 24 heavy (non-hydrogen) atoms. The van der Waals surface area contributed by atoms with Crippen molar-refractivity contribution in [2.75, 3.05) is 6.54 Å². The molecule has 2 aliphatic rings. The summed E-state index contributed by atoms with van der Waals surface area (Å²) in [7, 11) is 0. The van der Waals surface area contributed by atoms with Gasteiger partial charge in [0.25, 0.3) is 0 Å². The molecule has 0 radical (unpaired) electrons. The molecular weight excluding hydrogens is 372 g/mol. The molecule has 0 aromatic heterocycles. The average Bonchev–Trinajstić information content (AvgIpc) is 2.79. The number of hydrogen-bond acceptors (Lipinski definition) is 3. The van der Waals surface area contributed by atoms with Gasteiger partial charge in [0.15, 0.2) is 0 Å². The van der Waals surface area contributed by atoms with Crippen LogP contribution in [0.1, 0.15) is 37.7 Å². The van der Waals surface area contributed by atoms with Gasteiger partial charge in [-0.3, -0.25) is 19.4 Å². The molecule has 0 saturated carbocycles. The van der Waals surface area contributed by atoms with Crippen molar-refractivity contribution in [2.24, 2.45) is 0 Å². The molecule has 0 unspecified atom stereocenters. The molecule has 1 heterocycles. The molecule has 1 aromatic carbocycles. The van der Waals surface area contributed by atoms with Crippen molar-refractivity contribution in [3.05, 3.63) is 46.0 Å². The van der Waals surface area contributed by atoms with Gasteiger partial charge >= 0.3 is 17.8 Å². The monoisotopic (exact) mass is 390 g/mol. The van der Waals surface area contributed by atoms with Gasteiger partial charge in [-0.15, -0.1) is 0 Å². The van der Waals surface area contributed by atoms with E-state index in [1.165, 1.54) is 12.0 Å². The molecule has 0 N–H and O–H groups in total. The fraction of sp³-hybridized carbons (Fsp3) is 0.389. The van der Waals surface area contributed by atoms with Gasteiger partial charge in [0.2, 0.25) is 0 Å². The third-order valence-electron chi connectivity index (χ3n) is 4.46. The third-order valence-corrected chi connectivity index (χ3v) is 5.24. The van der Waals surface area contributed by atoms with Crippen molar-refractivity contribution in [1.82, 2.24) is 9.80 Å². The minimum atomic E-state index is -0.742. The second kappa shape index (κ2) is 7.30. The number of halogens is 1. The Bertz CT molecular complexity index is 714. The van der Waals surface area contributed by atoms with Crippen molar-refractivity contribution < 1.29 is 14.4 Å². The number of allylic oxidation sites excluding steroid dienone is 1. The Morgan fingerprint density at radius 1 is 1.00 bits per heavy atom. The maximum atomic E-state index is 12.5. The predicted octanol–water partition coefficient (Wildman–Crippen LogP) is 3.63. The van der Waals surface area contributed by atoms with Gasteiger partial charge in [0.1, 0.15) is 0 Å². The molecule has 5 nitrogen and oxygen atoms in total. The number of urea groups is 1. The van der Waals surface area contributed by atoms with E-state index in [-0.39, 0.29) is 13.1 Å². The topological polar surface area (TPSA) is 57.7 Å². The number of nitrogens with zero attached hydrogens (tertiary/aromatic N) is 2. The van der Waals surface area contributed by atoms with E-state index in [2.05, 4.69) is 22.0 Å². The quantitative estimate of drug-likeness (QED) is 0.438. The minimum absolute atomic E-state index is 0.101. The molecule has 126 valence electrons. The van der Waals surface area contributed by atoms with Gasteiger partial charge < -0.3 is 0 Å². The summed E-state index contributed by atoms with van der Waals surface area (Å²) in [6.45, 7) is 0.381. The lowest BCUT2D eigenvalue weighted by Crippen LogP contribution is -2.34. The lowest BCUT2D eigenvalue weighted by atomic mass is 9.97.